The van der Waals surface area contributed by atoms with Crippen molar-refractivity contribution in [1.29, 1.82) is 0 Å². The molecule has 0 amide bonds. The van der Waals surface area contributed by atoms with Gasteiger partial charge in [0, 0.05) is 24.5 Å². The minimum Gasteiger partial charge on any atom is -0.396 e. The second-order valence-electron chi connectivity index (χ2n) is 3.36. The van der Waals surface area contributed by atoms with Gasteiger partial charge in [0.15, 0.2) is 0 Å². The highest BCUT2D eigenvalue weighted by Gasteiger charge is 2.47. The molecule has 1 fully saturated rings. The molecule has 0 heterocycles. The summed E-state index contributed by atoms with van der Waals surface area (Å²) >= 11 is 0. The van der Waals surface area contributed by atoms with Crippen LogP contribution in [0.4, 0.5) is 0 Å². The van der Waals surface area contributed by atoms with Crippen LogP contribution in [0, 0.1) is 5.92 Å². The van der Waals surface area contributed by atoms with Gasteiger partial charge in [-0.25, -0.2) is 0 Å². The maximum absolute atomic E-state index is 8.93. The number of hydrogen-bond donors (Lipinski definition) is 2. The topological polar surface area (TPSA) is 46.2 Å². The molecule has 0 radical (unpaired) electrons. The molecule has 1 aliphatic carbocycles. The Balaban J connectivity index is 2.14. The molecule has 0 saturated heterocycles. The quantitative estimate of drug-likeness (QED) is 0.674. The first kappa shape index (κ1) is 7.77. The summed E-state index contributed by atoms with van der Waals surface area (Å²) in [5, 5.41) is 8.93. The summed E-state index contributed by atoms with van der Waals surface area (Å²) < 4.78 is 0. The summed E-state index contributed by atoms with van der Waals surface area (Å²) in [5.41, 5.74) is 7.05. The predicted octanol–water partition coefficient (Wildman–Crippen LogP) is 0.720. The minimum atomic E-state index is 0.164. The van der Waals surface area contributed by atoms with Crippen molar-refractivity contribution >= 4 is 0 Å². The van der Waals surface area contributed by atoms with Crippen molar-refractivity contribution < 1.29 is 5.11 Å². The molecule has 0 aliphatic heterocycles. The average Bonchev–Trinajstić information content (AvgIpc) is 2.78. The largest absolute Gasteiger partial charge is 0.396 e. The van der Waals surface area contributed by atoms with Gasteiger partial charge in [-0.05, 0) is 5.56 Å². The summed E-state index contributed by atoms with van der Waals surface area (Å²) in [7, 11) is 0. The van der Waals surface area contributed by atoms with E-state index in [-0.39, 0.29) is 18.6 Å². The van der Waals surface area contributed by atoms with Crippen LogP contribution in [0.5, 0.6) is 0 Å². The zero-order valence-corrected chi connectivity index (χ0v) is 6.85. The van der Waals surface area contributed by atoms with Crippen molar-refractivity contribution in [3.05, 3.63) is 35.9 Å². The smallest absolute Gasteiger partial charge is 0.0480 e. The molecule has 64 valence electrons. The lowest BCUT2D eigenvalue weighted by atomic mass is 10.1. The highest BCUT2D eigenvalue weighted by atomic mass is 16.3. The first-order valence-electron chi connectivity index (χ1n) is 4.26. The lowest BCUT2D eigenvalue weighted by Crippen LogP contribution is -2.04. The minimum absolute atomic E-state index is 0.164. The molecule has 3 N–H and O–H groups in total. The monoisotopic (exact) mass is 163 g/mol. The van der Waals surface area contributed by atoms with Gasteiger partial charge in [0.1, 0.15) is 0 Å². The molecule has 1 saturated carbocycles. The van der Waals surface area contributed by atoms with Crippen LogP contribution < -0.4 is 5.73 Å². The van der Waals surface area contributed by atoms with Crippen LogP contribution in [-0.4, -0.2) is 17.8 Å². The molecule has 0 spiro atoms. The van der Waals surface area contributed by atoms with Crippen molar-refractivity contribution in [1.82, 2.24) is 0 Å². The molecule has 2 rings (SSSR count). The maximum Gasteiger partial charge on any atom is 0.0480 e. The van der Waals surface area contributed by atoms with E-state index in [0.29, 0.717) is 5.92 Å². The van der Waals surface area contributed by atoms with Crippen molar-refractivity contribution in [2.75, 3.05) is 6.61 Å². The molecule has 0 unspecified atom stereocenters. The third-order valence-electron chi connectivity index (χ3n) is 2.62. The number of aliphatic hydroxyl groups is 1. The fourth-order valence-electron chi connectivity index (χ4n) is 1.78. The lowest BCUT2D eigenvalue weighted by molar-refractivity contribution is 0.271. The summed E-state index contributed by atoms with van der Waals surface area (Å²) in [5.74, 6) is 0.670. The van der Waals surface area contributed by atoms with Crippen LogP contribution in [0.3, 0.4) is 0 Å². The highest BCUT2D eigenvalue weighted by Crippen LogP contribution is 2.45. The number of aliphatic hydroxyl groups excluding tert-OH is 1. The van der Waals surface area contributed by atoms with Crippen molar-refractivity contribution in [3.8, 4) is 0 Å². The number of benzene rings is 1. The predicted molar refractivity (Wildman–Crippen MR) is 47.7 cm³/mol. The molecule has 0 bridgehead atoms. The Morgan fingerprint density at radius 3 is 2.42 bits per heavy atom. The maximum atomic E-state index is 8.93. The Labute approximate surface area is 72.0 Å². The van der Waals surface area contributed by atoms with E-state index >= 15 is 0 Å². The van der Waals surface area contributed by atoms with E-state index in [9.17, 15) is 0 Å². The van der Waals surface area contributed by atoms with E-state index < -0.39 is 0 Å². The van der Waals surface area contributed by atoms with Gasteiger partial charge in [-0.1, -0.05) is 30.3 Å². The Hall–Kier alpha value is -0.860. The zero-order valence-electron chi connectivity index (χ0n) is 6.85. The van der Waals surface area contributed by atoms with Crippen LogP contribution in [0.1, 0.15) is 11.5 Å². The molecule has 1 aliphatic rings. The van der Waals surface area contributed by atoms with E-state index in [0.717, 1.165) is 0 Å². The molecule has 0 aromatic heterocycles. The molecule has 1 aromatic rings. The van der Waals surface area contributed by atoms with Gasteiger partial charge >= 0.3 is 0 Å². The average molecular weight is 163 g/mol. The second-order valence-corrected chi connectivity index (χ2v) is 3.36. The van der Waals surface area contributed by atoms with E-state index in [1.807, 2.05) is 18.2 Å². The second kappa shape index (κ2) is 2.88. The van der Waals surface area contributed by atoms with E-state index in [2.05, 4.69) is 12.1 Å². The number of nitrogens with two attached hydrogens (primary N) is 1. The van der Waals surface area contributed by atoms with Crippen LogP contribution >= 0.6 is 0 Å². The normalized spacial score (nSPS) is 33.3. The van der Waals surface area contributed by atoms with Gasteiger partial charge < -0.3 is 10.8 Å². The summed E-state index contributed by atoms with van der Waals surface area (Å²) in [6, 6.07) is 10.3. The van der Waals surface area contributed by atoms with Crippen molar-refractivity contribution in [3.63, 3.8) is 0 Å². The summed E-state index contributed by atoms with van der Waals surface area (Å²) in [4.78, 5) is 0. The zero-order chi connectivity index (χ0) is 8.55. The molecule has 2 heteroatoms. The lowest BCUT2D eigenvalue weighted by Gasteiger charge is -1.96. The molecule has 12 heavy (non-hydrogen) atoms. The number of hydrogen-bond acceptors (Lipinski definition) is 2. The first-order valence-corrected chi connectivity index (χ1v) is 4.26. The van der Waals surface area contributed by atoms with E-state index in [1.54, 1.807) is 0 Å². The highest BCUT2D eigenvalue weighted by molar-refractivity contribution is 5.30. The Morgan fingerprint density at radius 1 is 1.25 bits per heavy atom. The third kappa shape index (κ3) is 1.13. The fourth-order valence-corrected chi connectivity index (χ4v) is 1.78. The van der Waals surface area contributed by atoms with E-state index in [1.165, 1.54) is 5.56 Å². The van der Waals surface area contributed by atoms with Gasteiger partial charge in [0.25, 0.3) is 0 Å². The molecule has 1 aromatic carbocycles. The molecular weight excluding hydrogens is 150 g/mol. The Bertz CT molecular complexity index is 260. The molecular formula is C10H13NO. The van der Waals surface area contributed by atoms with Gasteiger partial charge in [0.05, 0.1) is 0 Å². The molecule has 2 nitrogen and oxygen atoms in total. The third-order valence-corrected chi connectivity index (χ3v) is 2.62. The van der Waals surface area contributed by atoms with Crippen LogP contribution in [0.15, 0.2) is 30.3 Å². The van der Waals surface area contributed by atoms with Gasteiger partial charge in [-0.3, -0.25) is 0 Å². The van der Waals surface area contributed by atoms with Crippen LogP contribution in [-0.2, 0) is 0 Å². The Kier molecular flexibility index (Phi) is 1.87. The number of rotatable bonds is 2. The Morgan fingerprint density at radius 2 is 1.92 bits per heavy atom. The first-order chi connectivity index (χ1) is 5.84. The van der Waals surface area contributed by atoms with Crippen LogP contribution in [0.25, 0.3) is 0 Å². The van der Waals surface area contributed by atoms with Gasteiger partial charge in [0.2, 0.25) is 0 Å². The van der Waals surface area contributed by atoms with Gasteiger partial charge in [-0.15, -0.1) is 0 Å². The van der Waals surface area contributed by atoms with E-state index in [4.69, 9.17) is 10.8 Å². The van der Waals surface area contributed by atoms with Crippen molar-refractivity contribution in [2.24, 2.45) is 11.7 Å². The SMILES string of the molecule is N[C@@H]1[C@H](CO)[C@H]1c1ccccc1. The molecule has 3 atom stereocenters. The van der Waals surface area contributed by atoms with Gasteiger partial charge in [-0.2, -0.15) is 0 Å². The summed E-state index contributed by atoms with van der Waals surface area (Å²) in [6.07, 6.45) is 0. The summed E-state index contributed by atoms with van der Waals surface area (Å²) in [6.45, 7) is 0.209. The standard InChI is InChI=1S/C10H13NO/c11-10-8(6-12)9(10)7-4-2-1-3-5-7/h1-5,8-10,12H,6,11H2/t8-,9-,10-/m1/s1. The fraction of sp³-hybridized carbons (Fsp3) is 0.400. The van der Waals surface area contributed by atoms with Crippen LogP contribution in [0.2, 0.25) is 0 Å². The van der Waals surface area contributed by atoms with Crippen molar-refractivity contribution in [2.45, 2.75) is 12.0 Å².